The first kappa shape index (κ1) is 15.8. The molecule has 1 aliphatic heterocycles. The first-order valence-corrected chi connectivity index (χ1v) is 8.41. The molecule has 0 atom stereocenters. The minimum atomic E-state index is -0.690. The summed E-state index contributed by atoms with van der Waals surface area (Å²) >= 11 is 0. The van der Waals surface area contributed by atoms with Crippen molar-refractivity contribution in [3.63, 3.8) is 0 Å². The van der Waals surface area contributed by atoms with E-state index in [1.54, 1.807) is 13.3 Å². The topological polar surface area (TPSA) is 82.8 Å². The van der Waals surface area contributed by atoms with Crippen LogP contribution in [-0.4, -0.2) is 34.5 Å². The number of carbonyl (C=O) groups is 1. The molecule has 1 aliphatic carbocycles. The monoisotopic (exact) mass is 344 g/mol. The van der Waals surface area contributed by atoms with Crippen molar-refractivity contribution in [3.8, 4) is 28.6 Å². The molecule has 1 N–H and O–H groups in total. The van der Waals surface area contributed by atoms with E-state index in [0.29, 0.717) is 30.1 Å². The van der Waals surface area contributed by atoms with Crippen molar-refractivity contribution in [2.75, 3.05) is 13.9 Å². The summed E-state index contributed by atoms with van der Waals surface area (Å²) in [6.07, 6.45) is 6.79. The van der Waals surface area contributed by atoms with Crippen LogP contribution in [0.15, 0.2) is 24.5 Å². The largest absolute Gasteiger partial charge is 0.493 e. The van der Waals surface area contributed by atoms with E-state index in [1.165, 1.54) is 0 Å². The minimum absolute atomic E-state index is 0.183. The summed E-state index contributed by atoms with van der Waals surface area (Å²) in [7, 11) is 1.60. The van der Waals surface area contributed by atoms with Crippen LogP contribution in [0.4, 0.5) is 0 Å². The van der Waals surface area contributed by atoms with E-state index in [-0.39, 0.29) is 18.8 Å². The van der Waals surface area contributed by atoms with Gasteiger partial charge in [0.1, 0.15) is 5.82 Å². The number of benzene rings is 1. The Hall–Kier alpha value is -2.70. The van der Waals surface area contributed by atoms with E-state index < -0.39 is 5.97 Å². The first-order valence-electron chi connectivity index (χ1n) is 8.41. The minimum Gasteiger partial charge on any atom is -0.493 e. The van der Waals surface area contributed by atoms with Gasteiger partial charge < -0.3 is 23.9 Å². The van der Waals surface area contributed by atoms with Crippen LogP contribution in [0.1, 0.15) is 31.7 Å². The average Bonchev–Trinajstić information content (AvgIpc) is 3.29. The SMILES string of the molecule is COc1cc(-c2nccn2C2CCC(C(=O)O)CC2)cc2c1OCO2. The summed E-state index contributed by atoms with van der Waals surface area (Å²) in [5, 5.41) is 9.18. The predicted molar refractivity (Wildman–Crippen MR) is 89.0 cm³/mol. The molecule has 1 saturated carbocycles. The molecule has 7 nitrogen and oxygen atoms in total. The molecule has 0 spiro atoms. The van der Waals surface area contributed by atoms with Gasteiger partial charge in [-0.25, -0.2) is 4.98 Å². The Bertz CT molecular complexity index is 793. The third-order valence-corrected chi connectivity index (χ3v) is 5.02. The van der Waals surface area contributed by atoms with Crippen molar-refractivity contribution in [1.82, 2.24) is 9.55 Å². The van der Waals surface area contributed by atoms with Crippen LogP contribution < -0.4 is 14.2 Å². The molecular weight excluding hydrogens is 324 g/mol. The fraction of sp³-hybridized carbons (Fsp3) is 0.444. The lowest BCUT2D eigenvalue weighted by atomic mass is 9.86. The zero-order chi connectivity index (χ0) is 17.4. The molecule has 0 unspecified atom stereocenters. The molecule has 1 aromatic carbocycles. The van der Waals surface area contributed by atoms with E-state index in [0.717, 1.165) is 24.2 Å². The van der Waals surface area contributed by atoms with Gasteiger partial charge in [0.15, 0.2) is 11.5 Å². The maximum absolute atomic E-state index is 11.2. The van der Waals surface area contributed by atoms with Crippen LogP contribution in [0.2, 0.25) is 0 Å². The molecule has 7 heteroatoms. The summed E-state index contributed by atoms with van der Waals surface area (Å²) in [6, 6.07) is 4.06. The highest BCUT2D eigenvalue weighted by atomic mass is 16.7. The first-order chi connectivity index (χ1) is 12.2. The number of nitrogens with zero attached hydrogens (tertiary/aromatic N) is 2. The third kappa shape index (κ3) is 2.79. The molecule has 0 bridgehead atoms. The maximum atomic E-state index is 11.2. The summed E-state index contributed by atoms with van der Waals surface area (Å²) in [4.78, 5) is 15.7. The second-order valence-corrected chi connectivity index (χ2v) is 6.41. The number of aliphatic carboxylic acids is 1. The Morgan fingerprint density at radius 2 is 2.08 bits per heavy atom. The number of aromatic nitrogens is 2. The van der Waals surface area contributed by atoms with E-state index in [9.17, 15) is 9.90 Å². The van der Waals surface area contributed by atoms with Crippen LogP contribution in [0, 0.1) is 5.92 Å². The Balaban J connectivity index is 1.64. The number of carboxylic acids is 1. The number of hydrogen-bond acceptors (Lipinski definition) is 5. The number of fused-ring (bicyclic) bond motifs is 1. The molecule has 25 heavy (non-hydrogen) atoms. The van der Waals surface area contributed by atoms with Gasteiger partial charge in [-0.3, -0.25) is 4.79 Å². The van der Waals surface area contributed by atoms with Gasteiger partial charge in [-0.15, -0.1) is 0 Å². The van der Waals surface area contributed by atoms with Gasteiger partial charge in [0.2, 0.25) is 12.5 Å². The number of hydrogen-bond donors (Lipinski definition) is 1. The number of imidazole rings is 1. The van der Waals surface area contributed by atoms with E-state index >= 15 is 0 Å². The van der Waals surface area contributed by atoms with E-state index in [4.69, 9.17) is 14.2 Å². The maximum Gasteiger partial charge on any atom is 0.306 e. The van der Waals surface area contributed by atoms with Crippen molar-refractivity contribution >= 4 is 5.97 Å². The highest BCUT2D eigenvalue weighted by Gasteiger charge is 2.28. The van der Waals surface area contributed by atoms with E-state index in [1.807, 2.05) is 18.3 Å². The van der Waals surface area contributed by atoms with Gasteiger partial charge in [-0.2, -0.15) is 0 Å². The lowest BCUT2D eigenvalue weighted by Gasteiger charge is -2.28. The molecule has 0 saturated heterocycles. The Morgan fingerprint density at radius 3 is 2.80 bits per heavy atom. The fourth-order valence-electron chi connectivity index (χ4n) is 3.69. The highest BCUT2D eigenvalue weighted by molar-refractivity contribution is 5.70. The third-order valence-electron chi connectivity index (χ3n) is 5.02. The summed E-state index contributed by atoms with van der Waals surface area (Å²) in [6.45, 7) is 0.183. The van der Waals surface area contributed by atoms with Crippen LogP contribution in [-0.2, 0) is 4.79 Å². The summed E-state index contributed by atoms with van der Waals surface area (Å²) < 4.78 is 18.5. The van der Waals surface area contributed by atoms with Gasteiger partial charge in [-0.1, -0.05) is 0 Å². The molecule has 2 aromatic rings. The van der Waals surface area contributed by atoms with Crippen molar-refractivity contribution in [2.45, 2.75) is 31.7 Å². The van der Waals surface area contributed by atoms with Gasteiger partial charge in [-0.05, 0) is 37.8 Å². The molecule has 2 heterocycles. The Kier molecular flexibility index (Phi) is 3.99. The van der Waals surface area contributed by atoms with Gasteiger partial charge in [0.25, 0.3) is 0 Å². The standard InChI is InChI=1S/C18H20N2O5/c1-23-14-8-12(9-15-16(14)25-10-24-15)17-19-6-7-20(17)13-4-2-11(3-5-13)18(21)22/h6-9,11,13H,2-5,10H2,1H3,(H,21,22). The second-order valence-electron chi connectivity index (χ2n) is 6.41. The Morgan fingerprint density at radius 1 is 1.28 bits per heavy atom. The normalized spacial score (nSPS) is 22.0. The average molecular weight is 344 g/mol. The summed E-state index contributed by atoms with van der Waals surface area (Å²) in [5.74, 6) is 1.80. The molecular formula is C18H20N2O5. The lowest BCUT2D eigenvalue weighted by molar-refractivity contribution is -0.143. The zero-order valence-corrected chi connectivity index (χ0v) is 14.0. The smallest absolute Gasteiger partial charge is 0.306 e. The quantitative estimate of drug-likeness (QED) is 0.918. The zero-order valence-electron chi connectivity index (χ0n) is 14.0. The number of carboxylic acid groups (broad SMARTS) is 1. The molecule has 1 aromatic heterocycles. The molecule has 0 radical (unpaired) electrons. The van der Waals surface area contributed by atoms with Crippen molar-refractivity contribution in [2.24, 2.45) is 5.92 Å². The number of rotatable bonds is 4. The predicted octanol–water partition coefficient (Wildman–Crippen LogP) is 3.10. The van der Waals surface area contributed by atoms with E-state index in [2.05, 4.69) is 9.55 Å². The van der Waals surface area contributed by atoms with Crippen LogP contribution in [0.25, 0.3) is 11.4 Å². The van der Waals surface area contributed by atoms with Crippen molar-refractivity contribution in [1.29, 1.82) is 0 Å². The Labute approximate surface area is 145 Å². The number of ether oxygens (including phenoxy) is 3. The van der Waals surface area contributed by atoms with Gasteiger partial charge in [0, 0.05) is 24.0 Å². The highest BCUT2D eigenvalue weighted by Crippen LogP contribution is 2.44. The van der Waals surface area contributed by atoms with Crippen LogP contribution in [0.5, 0.6) is 17.2 Å². The van der Waals surface area contributed by atoms with Crippen molar-refractivity contribution in [3.05, 3.63) is 24.5 Å². The van der Waals surface area contributed by atoms with Gasteiger partial charge in [0.05, 0.1) is 13.0 Å². The lowest BCUT2D eigenvalue weighted by Crippen LogP contribution is -2.23. The molecule has 2 aliphatic rings. The van der Waals surface area contributed by atoms with Gasteiger partial charge >= 0.3 is 5.97 Å². The fourth-order valence-corrected chi connectivity index (χ4v) is 3.69. The number of methoxy groups -OCH3 is 1. The second kappa shape index (κ2) is 6.31. The molecule has 4 rings (SSSR count). The molecule has 1 fully saturated rings. The van der Waals surface area contributed by atoms with Crippen LogP contribution in [0.3, 0.4) is 0 Å². The van der Waals surface area contributed by atoms with Crippen LogP contribution >= 0.6 is 0 Å². The van der Waals surface area contributed by atoms with Crippen molar-refractivity contribution < 1.29 is 24.1 Å². The molecule has 132 valence electrons. The molecule has 0 amide bonds. The summed E-state index contributed by atoms with van der Waals surface area (Å²) in [5.41, 5.74) is 0.895.